The van der Waals surface area contributed by atoms with Crippen LogP contribution >= 0.6 is 45.3 Å². The molecule has 1 aromatic carbocycles. The van der Waals surface area contributed by atoms with Gasteiger partial charge in [0.05, 0.1) is 22.7 Å². The number of anilines is 1. The number of amides is 2. The van der Waals surface area contributed by atoms with Crippen LogP contribution in [-0.2, 0) is 13.0 Å². The van der Waals surface area contributed by atoms with E-state index < -0.39 is 0 Å². The first-order chi connectivity index (χ1) is 12.6. The van der Waals surface area contributed by atoms with Crippen LogP contribution in [-0.4, -0.2) is 28.2 Å². The Bertz CT molecular complexity index is 969. The van der Waals surface area contributed by atoms with Crippen molar-refractivity contribution in [2.24, 2.45) is 0 Å². The molecule has 0 radical (unpaired) electrons. The maximum atomic E-state index is 12.8. The number of nitrogens with one attached hydrogen (secondary N) is 1. The second-order valence-electron chi connectivity index (χ2n) is 5.78. The summed E-state index contributed by atoms with van der Waals surface area (Å²) < 4.78 is 0.953. The van der Waals surface area contributed by atoms with Crippen LogP contribution in [0.25, 0.3) is 0 Å². The lowest BCUT2D eigenvalue weighted by Crippen LogP contribution is -2.35. The van der Waals surface area contributed by atoms with Crippen molar-refractivity contribution < 1.29 is 9.59 Å². The van der Waals surface area contributed by atoms with Crippen LogP contribution in [0.5, 0.6) is 0 Å². The van der Waals surface area contributed by atoms with Crippen LogP contribution < -0.4 is 5.32 Å². The molecular formula is C18H14IN3O2S2. The molecule has 0 saturated heterocycles. The van der Waals surface area contributed by atoms with Crippen molar-refractivity contribution in [2.75, 3.05) is 11.9 Å². The van der Waals surface area contributed by atoms with Gasteiger partial charge >= 0.3 is 0 Å². The number of fused-ring (bicyclic) bond motifs is 1. The van der Waals surface area contributed by atoms with Crippen LogP contribution in [0.15, 0.2) is 41.8 Å². The minimum absolute atomic E-state index is 0.0400. The average Bonchev–Trinajstić information content (AvgIpc) is 3.30. The van der Waals surface area contributed by atoms with Crippen LogP contribution in [0.4, 0.5) is 5.13 Å². The van der Waals surface area contributed by atoms with Gasteiger partial charge in [-0.2, -0.15) is 0 Å². The van der Waals surface area contributed by atoms with Crippen molar-refractivity contribution in [3.63, 3.8) is 0 Å². The molecule has 0 bridgehead atoms. The largest absolute Gasteiger partial charge is 0.333 e. The molecule has 5 nitrogen and oxygen atoms in total. The van der Waals surface area contributed by atoms with E-state index in [1.165, 1.54) is 22.7 Å². The Kier molecular flexibility index (Phi) is 5.05. The molecule has 1 aliphatic heterocycles. The molecule has 8 heteroatoms. The third kappa shape index (κ3) is 3.53. The highest BCUT2D eigenvalue weighted by Gasteiger charge is 2.26. The summed E-state index contributed by atoms with van der Waals surface area (Å²) in [6.45, 7) is 1.17. The zero-order valence-electron chi connectivity index (χ0n) is 13.6. The Labute approximate surface area is 172 Å². The van der Waals surface area contributed by atoms with E-state index in [1.54, 1.807) is 6.07 Å². The fourth-order valence-electron chi connectivity index (χ4n) is 2.79. The van der Waals surface area contributed by atoms with Gasteiger partial charge in [0.25, 0.3) is 11.8 Å². The fourth-order valence-corrected chi connectivity index (χ4v) is 5.05. The summed E-state index contributed by atoms with van der Waals surface area (Å²) in [5, 5.41) is 5.33. The second kappa shape index (κ2) is 7.45. The summed E-state index contributed by atoms with van der Waals surface area (Å²) in [4.78, 5) is 33.1. The lowest BCUT2D eigenvalue weighted by Gasteiger charge is -2.26. The molecule has 0 spiro atoms. The maximum Gasteiger partial charge on any atom is 0.267 e. The van der Waals surface area contributed by atoms with Gasteiger partial charge in [-0.05, 0) is 46.2 Å². The predicted octanol–water partition coefficient (Wildman–Crippen LogP) is 4.26. The standard InChI is InChI=1S/C18H14IN3O2S2/c19-12-5-2-1-4-11(12)17(24)22-8-7-13-15(10-22)26-18(20-13)21-16(23)14-6-3-9-25-14/h1-6,9H,7-8,10H2,(H,20,21,23). The summed E-state index contributed by atoms with van der Waals surface area (Å²) >= 11 is 5.04. The molecule has 132 valence electrons. The van der Waals surface area contributed by atoms with Gasteiger partial charge in [0.15, 0.2) is 5.13 Å². The van der Waals surface area contributed by atoms with Crippen molar-refractivity contribution >= 4 is 62.2 Å². The number of hydrogen-bond donors (Lipinski definition) is 1. The molecule has 0 atom stereocenters. The van der Waals surface area contributed by atoms with Crippen molar-refractivity contribution in [3.8, 4) is 0 Å². The second-order valence-corrected chi connectivity index (χ2v) is 8.97. The fraction of sp³-hybridized carbons (Fsp3) is 0.167. The summed E-state index contributed by atoms with van der Waals surface area (Å²) in [6, 6.07) is 11.2. The van der Waals surface area contributed by atoms with Crippen molar-refractivity contribution in [1.29, 1.82) is 0 Å². The van der Waals surface area contributed by atoms with Gasteiger partial charge in [0.2, 0.25) is 0 Å². The summed E-state index contributed by atoms with van der Waals surface area (Å²) in [5.74, 6) is -0.101. The van der Waals surface area contributed by atoms with Crippen LogP contribution in [0.3, 0.4) is 0 Å². The van der Waals surface area contributed by atoms with Gasteiger partial charge in [0, 0.05) is 21.4 Å². The number of hydrogen-bond acceptors (Lipinski definition) is 5. The normalized spacial score (nSPS) is 13.3. The monoisotopic (exact) mass is 495 g/mol. The van der Waals surface area contributed by atoms with E-state index in [0.29, 0.717) is 29.5 Å². The molecule has 0 fully saturated rings. The topological polar surface area (TPSA) is 62.3 Å². The molecule has 0 unspecified atom stereocenters. The number of halogens is 1. The molecule has 3 aromatic rings. The Morgan fingerprint density at radius 1 is 1.19 bits per heavy atom. The highest BCUT2D eigenvalue weighted by molar-refractivity contribution is 14.1. The minimum atomic E-state index is -0.141. The van der Waals surface area contributed by atoms with Crippen LogP contribution in [0, 0.1) is 3.57 Å². The third-order valence-corrected chi connectivity index (χ3v) is 6.90. The number of carbonyl (C=O) groups excluding carboxylic acids is 2. The Morgan fingerprint density at radius 2 is 2.04 bits per heavy atom. The van der Waals surface area contributed by atoms with E-state index >= 15 is 0 Å². The number of nitrogens with zero attached hydrogens (tertiary/aromatic N) is 2. The van der Waals surface area contributed by atoms with E-state index in [0.717, 1.165) is 19.7 Å². The Morgan fingerprint density at radius 3 is 2.81 bits per heavy atom. The lowest BCUT2D eigenvalue weighted by atomic mass is 10.1. The molecule has 1 aliphatic rings. The van der Waals surface area contributed by atoms with Crippen LogP contribution in [0.1, 0.15) is 30.6 Å². The van der Waals surface area contributed by atoms with Gasteiger partial charge < -0.3 is 4.90 Å². The van der Waals surface area contributed by atoms with Crippen molar-refractivity contribution in [2.45, 2.75) is 13.0 Å². The van der Waals surface area contributed by atoms with E-state index in [2.05, 4.69) is 32.9 Å². The number of rotatable bonds is 3. The van der Waals surface area contributed by atoms with E-state index in [-0.39, 0.29) is 11.8 Å². The van der Waals surface area contributed by atoms with E-state index in [1.807, 2.05) is 40.6 Å². The minimum Gasteiger partial charge on any atom is -0.333 e. The summed E-state index contributed by atoms with van der Waals surface area (Å²) in [7, 11) is 0. The molecule has 2 aromatic heterocycles. The first kappa shape index (κ1) is 17.6. The molecule has 4 rings (SSSR count). The molecular weight excluding hydrogens is 481 g/mol. The highest BCUT2D eigenvalue weighted by atomic mass is 127. The molecule has 2 amide bonds. The van der Waals surface area contributed by atoms with Crippen molar-refractivity contribution in [1.82, 2.24) is 9.88 Å². The van der Waals surface area contributed by atoms with Gasteiger partial charge in [-0.3, -0.25) is 14.9 Å². The SMILES string of the molecule is O=C(Nc1nc2c(s1)CN(C(=O)c1ccccc1I)CC2)c1cccs1. The van der Waals surface area contributed by atoms with Crippen molar-refractivity contribution in [3.05, 3.63) is 66.4 Å². The van der Waals surface area contributed by atoms with E-state index in [9.17, 15) is 9.59 Å². The predicted molar refractivity (Wildman–Crippen MR) is 112 cm³/mol. The quantitative estimate of drug-likeness (QED) is 0.553. The molecule has 1 N–H and O–H groups in total. The molecule has 0 saturated carbocycles. The summed E-state index contributed by atoms with van der Waals surface area (Å²) in [5.41, 5.74) is 1.70. The van der Waals surface area contributed by atoms with Gasteiger partial charge in [-0.15, -0.1) is 11.3 Å². The van der Waals surface area contributed by atoms with E-state index in [4.69, 9.17) is 0 Å². The van der Waals surface area contributed by atoms with Gasteiger partial charge in [-0.1, -0.05) is 29.5 Å². The number of aromatic nitrogens is 1. The number of carbonyl (C=O) groups is 2. The highest BCUT2D eigenvalue weighted by Crippen LogP contribution is 2.30. The zero-order chi connectivity index (χ0) is 18.1. The van der Waals surface area contributed by atoms with Crippen LogP contribution in [0.2, 0.25) is 0 Å². The Hall–Kier alpha value is -1.78. The average molecular weight is 495 g/mol. The zero-order valence-corrected chi connectivity index (χ0v) is 17.4. The first-order valence-corrected chi connectivity index (χ1v) is 10.8. The van der Waals surface area contributed by atoms with Gasteiger partial charge in [-0.25, -0.2) is 4.98 Å². The third-order valence-electron chi connectivity index (χ3n) is 4.09. The summed E-state index contributed by atoms with van der Waals surface area (Å²) in [6.07, 6.45) is 0.704. The molecule has 0 aliphatic carbocycles. The smallest absolute Gasteiger partial charge is 0.267 e. The molecule has 3 heterocycles. The number of thiophene rings is 1. The Balaban J connectivity index is 1.49. The molecule has 26 heavy (non-hydrogen) atoms. The number of benzene rings is 1. The first-order valence-electron chi connectivity index (χ1n) is 7.99. The maximum absolute atomic E-state index is 12.8. The lowest BCUT2D eigenvalue weighted by molar-refractivity contribution is 0.0735. The van der Waals surface area contributed by atoms with Gasteiger partial charge in [0.1, 0.15) is 0 Å². The number of thiazole rings is 1.